The molecule has 104 valence electrons. The maximum absolute atomic E-state index is 11.7. The Balaban J connectivity index is 2.31. The van der Waals surface area contributed by atoms with E-state index in [2.05, 4.69) is 10.6 Å². The molecular formula is C12H22N2O4. The first kappa shape index (κ1) is 14.8. The molecule has 1 saturated carbocycles. The van der Waals surface area contributed by atoms with Crippen molar-refractivity contribution in [2.75, 3.05) is 27.4 Å². The zero-order valence-corrected chi connectivity index (χ0v) is 11.0. The van der Waals surface area contributed by atoms with Gasteiger partial charge in [-0.1, -0.05) is 12.8 Å². The minimum Gasteiger partial charge on any atom is -0.463 e. The van der Waals surface area contributed by atoms with Crippen molar-refractivity contribution in [3.8, 4) is 0 Å². The molecule has 1 aliphatic carbocycles. The standard InChI is InChI=1S/C12H22N2O4/c1-13-12(16)14-10(7-17-2)8-18-11(15)9-5-3-4-6-9/h9-10H,3-8H2,1-2H3,(H2,13,14,16). The number of urea groups is 1. The van der Waals surface area contributed by atoms with Gasteiger partial charge in [-0.05, 0) is 12.8 Å². The number of methoxy groups -OCH3 is 1. The minimum atomic E-state index is -0.319. The highest BCUT2D eigenvalue weighted by Crippen LogP contribution is 2.25. The summed E-state index contributed by atoms with van der Waals surface area (Å²) in [6.07, 6.45) is 4.02. The number of hydrogen-bond donors (Lipinski definition) is 2. The summed E-state index contributed by atoms with van der Waals surface area (Å²) in [6.45, 7) is 0.460. The summed E-state index contributed by atoms with van der Waals surface area (Å²) >= 11 is 0. The molecule has 0 heterocycles. The quantitative estimate of drug-likeness (QED) is 0.686. The lowest BCUT2D eigenvalue weighted by molar-refractivity contribution is -0.149. The van der Waals surface area contributed by atoms with Crippen LogP contribution in [0.25, 0.3) is 0 Å². The van der Waals surface area contributed by atoms with Crippen LogP contribution in [0.2, 0.25) is 0 Å². The summed E-state index contributed by atoms with van der Waals surface area (Å²) < 4.78 is 10.2. The van der Waals surface area contributed by atoms with Crippen LogP contribution in [0.4, 0.5) is 4.79 Å². The molecule has 1 atom stereocenters. The molecule has 18 heavy (non-hydrogen) atoms. The second kappa shape index (κ2) is 7.92. The number of hydrogen-bond acceptors (Lipinski definition) is 4. The van der Waals surface area contributed by atoms with Crippen LogP contribution >= 0.6 is 0 Å². The summed E-state index contributed by atoms with van der Waals surface area (Å²) in [5, 5.41) is 5.11. The maximum atomic E-state index is 11.7. The van der Waals surface area contributed by atoms with Gasteiger partial charge in [0.25, 0.3) is 0 Å². The lowest BCUT2D eigenvalue weighted by Gasteiger charge is -2.18. The SMILES string of the molecule is CNC(=O)NC(COC)COC(=O)C1CCCC1. The van der Waals surface area contributed by atoms with E-state index in [9.17, 15) is 9.59 Å². The molecule has 1 aliphatic rings. The Hall–Kier alpha value is -1.30. The molecule has 2 N–H and O–H groups in total. The van der Waals surface area contributed by atoms with Gasteiger partial charge in [0.2, 0.25) is 0 Å². The van der Waals surface area contributed by atoms with Crippen LogP contribution in [0.3, 0.4) is 0 Å². The van der Waals surface area contributed by atoms with Crippen molar-refractivity contribution in [3.63, 3.8) is 0 Å². The van der Waals surface area contributed by atoms with E-state index in [1.54, 1.807) is 0 Å². The van der Waals surface area contributed by atoms with Gasteiger partial charge >= 0.3 is 12.0 Å². The monoisotopic (exact) mass is 258 g/mol. The van der Waals surface area contributed by atoms with Gasteiger partial charge < -0.3 is 20.1 Å². The van der Waals surface area contributed by atoms with Gasteiger partial charge in [0, 0.05) is 14.2 Å². The van der Waals surface area contributed by atoms with Gasteiger partial charge in [-0.15, -0.1) is 0 Å². The summed E-state index contributed by atoms with van der Waals surface area (Å²) in [6, 6.07) is -0.630. The van der Waals surface area contributed by atoms with Gasteiger partial charge in [-0.3, -0.25) is 4.79 Å². The molecule has 0 aromatic rings. The fourth-order valence-electron chi connectivity index (χ4n) is 2.05. The largest absolute Gasteiger partial charge is 0.463 e. The number of amides is 2. The molecule has 0 bridgehead atoms. The molecule has 0 spiro atoms. The van der Waals surface area contributed by atoms with Crippen LogP contribution in [-0.4, -0.2) is 45.4 Å². The molecule has 1 rings (SSSR count). The molecular weight excluding hydrogens is 236 g/mol. The third-order valence-corrected chi connectivity index (χ3v) is 3.05. The van der Waals surface area contributed by atoms with Crippen molar-refractivity contribution >= 4 is 12.0 Å². The second-order valence-electron chi connectivity index (χ2n) is 4.49. The molecule has 1 unspecified atom stereocenters. The molecule has 0 aromatic carbocycles. The van der Waals surface area contributed by atoms with Gasteiger partial charge in [-0.25, -0.2) is 4.79 Å². The number of carbonyl (C=O) groups excluding carboxylic acids is 2. The number of nitrogens with one attached hydrogen (secondary N) is 2. The number of ether oxygens (including phenoxy) is 2. The first-order chi connectivity index (χ1) is 8.67. The lowest BCUT2D eigenvalue weighted by atomic mass is 10.1. The Morgan fingerprint density at radius 1 is 1.28 bits per heavy atom. The summed E-state index contributed by atoms with van der Waals surface area (Å²) in [5.74, 6) is -0.125. The van der Waals surface area contributed by atoms with Crippen molar-refractivity contribution in [2.45, 2.75) is 31.7 Å². The molecule has 1 fully saturated rings. The molecule has 2 amide bonds. The van der Waals surface area contributed by atoms with Gasteiger partial charge in [0.15, 0.2) is 0 Å². The van der Waals surface area contributed by atoms with E-state index in [1.165, 1.54) is 14.2 Å². The first-order valence-corrected chi connectivity index (χ1v) is 6.31. The van der Waals surface area contributed by atoms with Crippen LogP contribution in [0.15, 0.2) is 0 Å². The summed E-state index contributed by atoms with van der Waals surface area (Å²) in [5.41, 5.74) is 0. The van der Waals surface area contributed by atoms with Crippen molar-refractivity contribution < 1.29 is 19.1 Å². The molecule has 0 aromatic heterocycles. The van der Waals surface area contributed by atoms with Crippen molar-refractivity contribution in [2.24, 2.45) is 5.92 Å². The average Bonchev–Trinajstić information content (AvgIpc) is 2.89. The molecule has 6 nitrogen and oxygen atoms in total. The molecule has 6 heteroatoms. The second-order valence-corrected chi connectivity index (χ2v) is 4.49. The van der Waals surface area contributed by atoms with Crippen molar-refractivity contribution in [3.05, 3.63) is 0 Å². The Morgan fingerprint density at radius 3 is 2.50 bits per heavy atom. The summed E-state index contributed by atoms with van der Waals surface area (Å²) in [4.78, 5) is 22.9. The smallest absolute Gasteiger partial charge is 0.314 e. The Bertz CT molecular complexity index is 277. The highest BCUT2D eigenvalue weighted by molar-refractivity contribution is 5.74. The molecule has 0 radical (unpaired) electrons. The predicted octanol–water partition coefficient (Wildman–Crippen LogP) is 0.664. The predicted molar refractivity (Wildman–Crippen MR) is 66.2 cm³/mol. The van der Waals surface area contributed by atoms with E-state index in [0.717, 1.165) is 25.7 Å². The normalized spacial score (nSPS) is 17.2. The fraction of sp³-hybridized carbons (Fsp3) is 0.833. The highest BCUT2D eigenvalue weighted by atomic mass is 16.5. The summed E-state index contributed by atoms with van der Waals surface area (Å²) in [7, 11) is 3.07. The van der Waals surface area contributed by atoms with E-state index in [4.69, 9.17) is 9.47 Å². The van der Waals surface area contributed by atoms with Crippen LogP contribution < -0.4 is 10.6 Å². The lowest BCUT2D eigenvalue weighted by Crippen LogP contribution is -2.45. The van der Waals surface area contributed by atoms with Crippen LogP contribution in [0.1, 0.15) is 25.7 Å². The Labute approximate surface area is 107 Å². The van der Waals surface area contributed by atoms with E-state index in [0.29, 0.717) is 6.61 Å². The highest BCUT2D eigenvalue weighted by Gasteiger charge is 2.25. The zero-order valence-electron chi connectivity index (χ0n) is 11.0. The van der Waals surface area contributed by atoms with Crippen LogP contribution in [-0.2, 0) is 14.3 Å². The first-order valence-electron chi connectivity index (χ1n) is 6.31. The van der Waals surface area contributed by atoms with Gasteiger partial charge in [-0.2, -0.15) is 0 Å². The third-order valence-electron chi connectivity index (χ3n) is 3.05. The number of esters is 1. The number of rotatable bonds is 6. The van der Waals surface area contributed by atoms with E-state index < -0.39 is 0 Å². The van der Waals surface area contributed by atoms with Gasteiger partial charge in [0.05, 0.1) is 18.6 Å². The Kier molecular flexibility index (Phi) is 6.49. The Morgan fingerprint density at radius 2 is 1.94 bits per heavy atom. The van der Waals surface area contributed by atoms with Gasteiger partial charge in [0.1, 0.15) is 6.61 Å². The average molecular weight is 258 g/mol. The maximum Gasteiger partial charge on any atom is 0.314 e. The van der Waals surface area contributed by atoms with Crippen LogP contribution in [0.5, 0.6) is 0 Å². The molecule has 0 aliphatic heterocycles. The third kappa shape index (κ3) is 4.91. The van der Waals surface area contributed by atoms with Crippen molar-refractivity contribution in [1.29, 1.82) is 0 Å². The minimum absolute atomic E-state index is 0.0354. The van der Waals surface area contributed by atoms with E-state index in [1.807, 2.05) is 0 Å². The molecule has 0 saturated heterocycles. The van der Waals surface area contributed by atoms with E-state index >= 15 is 0 Å². The van der Waals surface area contributed by atoms with Crippen molar-refractivity contribution in [1.82, 2.24) is 10.6 Å². The number of carbonyl (C=O) groups is 2. The zero-order chi connectivity index (χ0) is 13.4. The van der Waals surface area contributed by atoms with E-state index in [-0.39, 0.29) is 30.6 Å². The topological polar surface area (TPSA) is 76.7 Å². The van der Waals surface area contributed by atoms with Crippen LogP contribution in [0, 0.1) is 5.92 Å². The fourth-order valence-corrected chi connectivity index (χ4v) is 2.05.